The number of benzene rings is 1. The molecular formula is C24H34N2O5. The van der Waals surface area contributed by atoms with Gasteiger partial charge in [-0.25, -0.2) is 0 Å². The average molecular weight is 431 g/mol. The first kappa shape index (κ1) is 21.9. The van der Waals surface area contributed by atoms with Gasteiger partial charge in [0.1, 0.15) is 17.6 Å². The molecule has 7 nitrogen and oxygen atoms in total. The topological polar surface area (TPSA) is 68.3 Å². The van der Waals surface area contributed by atoms with Crippen LogP contribution in [0.1, 0.15) is 48.9 Å². The molecule has 1 aliphatic carbocycles. The van der Waals surface area contributed by atoms with E-state index >= 15 is 0 Å². The molecule has 0 radical (unpaired) electrons. The van der Waals surface area contributed by atoms with Crippen LogP contribution in [0.4, 0.5) is 0 Å². The molecule has 7 heteroatoms. The number of rotatable bonds is 7. The molecule has 0 N–H and O–H groups in total. The van der Waals surface area contributed by atoms with Crippen LogP contribution in [0, 0.1) is 11.8 Å². The molecule has 0 unspecified atom stereocenters. The number of carbonyl (C=O) groups excluding carboxylic acids is 2. The molecule has 2 heterocycles. The Morgan fingerprint density at radius 1 is 1.00 bits per heavy atom. The summed E-state index contributed by atoms with van der Waals surface area (Å²) in [6.45, 7) is 3.57. The SMILES string of the molecule is COC[C@H]1CCCN(C(=O)c2cc(OC)ccc2OC2CCN(C(=O)C3CC3)CC2)C1. The van der Waals surface area contributed by atoms with Gasteiger partial charge in [0.05, 0.1) is 19.3 Å². The van der Waals surface area contributed by atoms with Crippen LogP contribution >= 0.6 is 0 Å². The van der Waals surface area contributed by atoms with E-state index in [0.717, 1.165) is 58.2 Å². The zero-order valence-electron chi connectivity index (χ0n) is 18.7. The second-order valence-corrected chi connectivity index (χ2v) is 8.99. The summed E-state index contributed by atoms with van der Waals surface area (Å²) in [6.07, 6.45) is 5.72. The number of amides is 2. The van der Waals surface area contributed by atoms with Crippen molar-refractivity contribution in [1.82, 2.24) is 9.80 Å². The van der Waals surface area contributed by atoms with Crippen LogP contribution in [0.15, 0.2) is 18.2 Å². The molecule has 3 aliphatic rings. The van der Waals surface area contributed by atoms with Crippen LogP contribution < -0.4 is 9.47 Å². The standard InChI is InChI=1S/C24H34N2O5/c1-29-16-17-4-3-11-26(15-17)24(28)21-14-20(30-2)7-8-22(21)31-19-9-12-25(13-10-19)23(27)18-5-6-18/h7-8,14,17-19H,3-6,9-13,15-16H2,1-2H3/t17-/m0/s1. The average Bonchev–Trinajstić information content (AvgIpc) is 3.65. The molecule has 3 fully saturated rings. The van der Waals surface area contributed by atoms with Gasteiger partial charge in [-0.3, -0.25) is 9.59 Å². The van der Waals surface area contributed by atoms with Crippen LogP contribution in [0.3, 0.4) is 0 Å². The van der Waals surface area contributed by atoms with Crippen molar-refractivity contribution in [2.24, 2.45) is 11.8 Å². The van der Waals surface area contributed by atoms with Crippen molar-refractivity contribution in [3.8, 4) is 11.5 Å². The fourth-order valence-corrected chi connectivity index (χ4v) is 4.66. The highest BCUT2D eigenvalue weighted by Crippen LogP contribution is 2.33. The summed E-state index contributed by atoms with van der Waals surface area (Å²) in [5.74, 6) is 2.16. The molecule has 2 amide bonds. The molecule has 0 bridgehead atoms. The Kier molecular flexibility index (Phi) is 7.00. The minimum absolute atomic E-state index is 0.00536. The van der Waals surface area contributed by atoms with Gasteiger partial charge in [0.15, 0.2) is 0 Å². The Morgan fingerprint density at radius 2 is 1.77 bits per heavy atom. The number of ether oxygens (including phenoxy) is 3. The Labute approximate surface area is 184 Å². The second-order valence-electron chi connectivity index (χ2n) is 8.99. The van der Waals surface area contributed by atoms with E-state index in [0.29, 0.717) is 42.0 Å². The van der Waals surface area contributed by atoms with E-state index in [1.54, 1.807) is 20.3 Å². The van der Waals surface area contributed by atoms with Gasteiger partial charge >= 0.3 is 0 Å². The summed E-state index contributed by atoms with van der Waals surface area (Å²) in [4.78, 5) is 29.6. The fraction of sp³-hybridized carbons (Fsp3) is 0.667. The normalized spacial score (nSPS) is 22.3. The molecule has 0 spiro atoms. The molecule has 31 heavy (non-hydrogen) atoms. The number of hydrogen-bond acceptors (Lipinski definition) is 5. The molecule has 1 aromatic rings. The molecule has 1 saturated carbocycles. The summed E-state index contributed by atoms with van der Waals surface area (Å²) in [6, 6.07) is 5.45. The van der Waals surface area contributed by atoms with Gasteiger partial charge < -0.3 is 24.0 Å². The monoisotopic (exact) mass is 430 g/mol. The lowest BCUT2D eigenvalue weighted by molar-refractivity contribution is -0.134. The zero-order valence-corrected chi connectivity index (χ0v) is 18.7. The predicted molar refractivity (Wildman–Crippen MR) is 116 cm³/mol. The van der Waals surface area contributed by atoms with Gasteiger partial charge in [0.25, 0.3) is 5.91 Å². The summed E-state index contributed by atoms with van der Waals surface area (Å²) in [7, 11) is 3.31. The van der Waals surface area contributed by atoms with Crippen molar-refractivity contribution >= 4 is 11.8 Å². The van der Waals surface area contributed by atoms with Crippen LogP contribution in [-0.4, -0.2) is 74.7 Å². The third kappa shape index (κ3) is 5.32. The Hall–Kier alpha value is -2.28. The first-order chi connectivity index (χ1) is 15.1. The lowest BCUT2D eigenvalue weighted by Gasteiger charge is -2.34. The van der Waals surface area contributed by atoms with Crippen molar-refractivity contribution < 1.29 is 23.8 Å². The third-order valence-electron chi connectivity index (χ3n) is 6.60. The van der Waals surface area contributed by atoms with Crippen molar-refractivity contribution in [3.05, 3.63) is 23.8 Å². The zero-order chi connectivity index (χ0) is 21.8. The van der Waals surface area contributed by atoms with E-state index in [1.807, 2.05) is 21.9 Å². The van der Waals surface area contributed by atoms with Gasteiger partial charge in [0.2, 0.25) is 5.91 Å². The van der Waals surface area contributed by atoms with E-state index < -0.39 is 0 Å². The van der Waals surface area contributed by atoms with Gasteiger partial charge in [-0.2, -0.15) is 0 Å². The maximum absolute atomic E-state index is 13.4. The van der Waals surface area contributed by atoms with E-state index in [1.165, 1.54) is 0 Å². The first-order valence-electron chi connectivity index (χ1n) is 11.5. The van der Waals surface area contributed by atoms with Crippen molar-refractivity contribution in [2.45, 2.75) is 44.6 Å². The van der Waals surface area contributed by atoms with E-state index in [4.69, 9.17) is 14.2 Å². The molecule has 4 rings (SSSR count). The molecule has 2 aliphatic heterocycles. The molecule has 170 valence electrons. The largest absolute Gasteiger partial charge is 0.497 e. The third-order valence-corrected chi connectivity index (χ3v) is 6.60. The number of hydrogen-bond donors (Lipinski definition) is 0. The fourth-order valence-electron chi connectivity index (χ4n) is 4.66. The van der Waals surface area contributed by atoms with Crippen molar-refractivity contribution in [1.29, 1.82) is 0 Å². The van der Waals surface area contributed by atoms with E-state index in [2.05, 4.69) is 0 Å². The Balaban J connectivity index is 1.43. The van der Waals surface area contributed by atoms with E-state index in [-0.39, 0.29) is 17.9 Å². The van der Waals surface area contributed by atoms with Gasteiger partial charge in [-0.15, -0.1) is 0 Å². The van der Waals surface area contributed by atoms with Gasteiger partial charge in [-0.1, -0.05) is 0 Å². The molecule has 1 aromatic carbocycles. The minimum Gasteiger partial charge on any atom is -0.497 e. The molecule has 0 aromatic heterocycles. The smallest absolute Gasteiger partial charge is 0.257 e. The number of carbonyl (C=O) groups is 2. The second kappa shape index (κ2) is 9.90. The summed E-state index contributed by atoms with van der Waals surface area (Å²) in [5, 5.41) is 0. The number of piperidine rings is 2. The van der Waals surface area contributed by atoms with Crippen LogP contribution in [0.2, 0.25) is 0 Å². The highest BCUT2D eigenvalue weighted by Gasteiger charge is 2.35. The molecule has 2 saturated heterocycles. The van der Waals surface area contributed by atoms with E-state index in [9.17, 15) is 9.59 Å². The lowest BCUT2D eigenvalue weighted by atomic mass is 9.98. The quantitative estimate of drug-likeness (QED) is 0.665. The number of methoxy groups -OCH3 is 2. The highest BCUT2D eigenvalue weighted by molar-refractivity contribution is 5.97. The maximum Gasteiger partial charge on any atom is 0.257 e. The Bertz CT molecular complexity index is 784. The van der Waals surface area contributed by atoms with Gasteiger partial charge in [0, 0.05) is 52.0 Å². The number of likely N-dealkylation sites (tertiary alicyclic amines) is 2. The molecular weight excluding hydrogens is 396 g/mol. The lowest BCUT2D eigenvalue weighted by Crippen LogP contribution is -2.43. The summed E-state index contributed by atoms with van der Waals surface area (Å²) in [5.41, 5.74) is 0.550. The number of nitrogens with zero attached hydrogens (tertiary/aromatic N) is 2. The minimum atomic E-state index is -0.0175. The van der Waals surface area contributed by atoms with Crippen LogP contribution in [-0.2, 0) is 9.53 Å². The molecule has 1 atom stereocenters. The van der Waals surface area contributed by atoms with Gasteiger partial charge in [-0.05, 0) is 49.8 Å². The predicted octanol–water partition coefficient (Wildman–Crippen LogP) is 2.97. The maximum atomic E-state index is 13.4. The van der Waals surface area contributed by atoms with Crippen LogP contribution in [0.5, 0.6) is 11.5 Å². The highest BCUT2D eigenvalue weighted by atomic mass is 16.5. The van der Waals surface area contributed by atoms with Crippen molar-refractivity contribution in [3.63, 3.8) is 0 Å². The van der Waals surface area contributed by atoms with Crippen molar-refractivity contribution in [2.75, 3.05) is 47.0 Å². The van der Waals surface area contributed by atoms with Crippen LogP contribution in [0.25, 0.3) is 0 Å². The summed E-state index contributed by atoms with van der Waals surface area (Å²) >= 11 is 0. The Morgan fingerprint density at radius 3 is 2.45 bits per heavy atom. The summed E-state index contributed by atoms with van der Waals surface area (Å²) < 4.78 is 17.0. The first-order valence-corrected chi connectivity index (χ1v) is 11.5.